The molecule has 0 bridgehead atoms. The minimum Gasteiger partial charge on any atom is -0.279 e. The second kappa shape index (κ2) is 8.22. The molecule has 0 saturated heterocycles. The summed E-state index contributed by atoms with van der Waals surface area (Å²) < 4.78 is 1.87. The molecule has 0 aliphatic rings. The van der Waals surface area contributed by atoms with Gasteiger partial charge in [-0.15, -0.1) is 0 Å². The van der Waals surface area contributed by atoms with Gasteiger partial charge in [0.15, 0.2) is 5.13 Å². The number of hydrogen-bond acceptors (Lipinski definition) is 4. The van der Waals surface area contributed by atoms with Crippen LogP contribution in [0.2, 0.25) is 5.02 Å². The Kier molecular flexibility index (Phi) is 5.67. The van der Waals surface area contributed by atoms with Gasteiger partial charge in [0.25, 0.3) is 5.91 Å². The van der Waals surface area contributed by atoms with Gasteiger partial charge in [-0.2, -0.15) is 0 Å². The highest BCUT2D eigenvalue weighted by Crippen LogP contribution is 2.34. The molecule has 0 aliphatic heterocycles. The van der Waals surface area contributed by atoms with Crippen LogP contribution in [0.25, 0.3) is 10.2 Å². The number of anilines is 1. The van der Waals surface area contributed by atoms with Gasteiger partial charge in [0.2, 0.25) is 0 Å². The average molecular weight is 487 g/mol. The van der Waals surface area contributed by atoms with Crippen LogP contribution in [0.5, 0.6) is 0 Å². The van der Waals surface area contributed by atoms with Crippen molar-refractivity contribution in [2.24, 2.45) is 0 Å². The first kappa shape index (κ1) is 20.0. The normalized spacial score (nSPS) is 11.0. The van der Waals surface area contributed by atoms with E-state index in [-0.39, 0.29) is 5.91 Å². The molecule has 0 N–H and O–H groups in total. The molecule has 0 spiro atoms. The zero-order valence-corrected chi connectivity index (χ0v) is 19.0. The molecule has 4 nitrogen and oxygen atoms in total. The number of rotatable bonds is 4. The molecule has 146 valence electrons. The summed E-state index contributed by atoms with van der Waals surface area (Å²) >= 11 is 11.3. The number of carbonyl (C=O) groups is 1. The smallest absolute Gasteiger partial charge is 0.261 e. The number of benzene rings is 2. The van der Waals surface area contributed by atoms with Crippen molar-refractivity contribution in [2.75, 3.05) is 4.90 Å². The number of carbonyl (C=O) groups excluding carboxylic acids is 1. The summed E-state index contributed by atoms with van der Waals surface area (Å²) in [5, 5.41) is 1.04. The fourth-order valence-corrected chi connectivity index (χ4v) is 4.76. The largest absolute Gasteiger partial charge is 0.279 e. The van der Waals surface area contributed by atoms with E-state index in [1.165, 1.54) is 11.3 Å². The minimum atomic E-state index is -0.200. The predicted octanol–water partition coefficient (Wildman–Crippen LogP) is 6.57. The van der Waals surface area contributed by atoms with E-state index >= 15 is 0 Å². The Hall–Kier alpha value is -2.28. The number of hydrogen-bond donors (Lipinski definition) is 0. The van der Waals surface area contributed by atoms with Crippen LogP contribution >= 0.6 is 38.9 Å². The molecule has 0 aliphatic carbocycles. The Balaban J connectivity index is 1.83. The molecular formula is C22H17BrClN3OS. The second-order valence-electron chi connectivity index (χ2n) is 6.80. The Bertz CT molecular complexity index is 1210. The summed E-state index contributed by atoms with van der Waals surface area (Å²) in [7, 11) is 0. The van der Waals surface area contributed by atoms with Gasteiger partial charge in [-0.3, -0.25) is 14.7 Å². The van der Waals surface area contributed by atoms with Crippen LogP contribution in [0.15, 0.2) is 59.3 Å². The van der Waals surface area contributed by atoms with Crippen LogP contribution in [0.4, 0.5) is 5.13 Å². The van der Waals surface area contributed by atoms with Crippen LogP contribution in [0.3, 0.4) is 0 Å². The number of aromatic nitrogens is 2. The number of amides is 1. The third kappa shape index (κ3) is 4.20. The van der Waals surface area contributed by atoms with E-state index in [0.29, 0.717) is 22.3 Å². The van der Waals surface area contributed by atoms with E-state index in [2.05, 4.69) is 33.9 Å². The van der Waals surface area contributed by atoms with Gasteiger partial charge >= 0.3 is 0 Å². The summed E-state index contributed by atoms with van der Waals surface area (Å²) in [4.78, 5) is 24.1. The molecule has 7 heteroatoms. The molecule has 2 aromatic carbocycles. The number of nitrogens with zero attached hydrogens (tertiary/aromatic N) is 3. The lowest BCUT2D eigenvalue weighted by atomic mass is 10.1. The van der Waals surface area contributed by atoms with Crippen molar-refractivity contribution in [1.29, 1.82) is 0 Å². The molecule has 2 heterocycles. The van der Waals surface area contributed by atoms with E-state index in [1.807, 2.05) is 31.2 Å². The lowest BCUT2D eigenvalue weighted by molar-refractivity contribution is 0.0985. The summed E-state index contributed by atoms with van der Waals surface area (Å²) in [6, 6.07) is 13.2. The Labute approximate surface area is 186 Å². The van der Waals surface area contributed by atoms with Gasteiger partial charge in [-0.1, -0.05) is 51.0 Å². The third-order valence-corrected chi connectivity index (χ3v) is 6.56. The summed E-state index contributed by atoms with van der Waals surface area (Å²) in [6.45, 7) is 4.47. The number of pyridine rings is 1. The summed E-state index contributed by atoms with van der Waals surface area (Å²) in [5.41, 5.74) is 4.54. The van der Waals surface area contributed by atoms with E-state index in [0.717, 1.165) is 31.4 Å². The van der Waals surface area contributed by atoms with Crippen molar-refractivity contribution < 1.29 is 4.79 Å². The van der Waals surface area contributed by atoms with E-state index in [1.54, 1.807) is 29.4 Å². The van der Waals surface area contributed by atoms with Crippen LogP contribution in [0.1, 0.15) is 27.0 Å². The highest BCUT2D eigenvalue weighted by molar-refractivity contribution is 9.10. The standard InChI is InChI=1S/C22H17BrClN3OS/c1-13-8-14(2)20-19(9-13)26-22(29-20)27(12-15-4-3-7-25-11-15)21(28)17-10-16(23)5-6-18(17)24/h3-11H,12H2,1-2H3. The maximum Gasteiger partial charge on any atom is 0.261 e. The van der Waals surface area contributed by atoms with Crippen molar-refractivity contribution in [1.82, 2.24) is 9.97 Å². The minimum absolute atomic E-state index is 0.200. The molecule has 1 amide bonds. The fourth-order valence-electron chi connectivity index (χ4n) is 3.19. The van der Waals surface area contributed by atoms with Crippen LogP contribution in [-0.2, 0) is 6.54 Å². The maximum atomic E-state index is 13.5. The predicted molar refractivity (Wildman–Crippen MR) is 123 cm³/mol. The van der Waals surface area contributed by atoms with E-state index in [9.17, 15) is 4.79 Å². The van der Waals surface area contributed by atoms with Crippen molar-refractivity contribution in [2.45, 2.75) is 20.4 Å². The number of thiazole rings is 1. The molecule has 0 unspecified atom stereocenters. The first-order chi connectivity index (χ1) is 13.9. The highest BCUT2D eigenvalue weighted by Gasteiger charge is 2.24. The topological polar surface area (TPSA) is 46.1 Å². The monoisotopic (exact) mass is 485 g/mol. The van der Waals surface area contributed by atoms with Crippen molar-refractivity contribution in [3.63, 3.8) is 0 Å². The summed E-state index contributed by atoms with van der Waals surface area (Å²) in [5.74, 6) is -0.200. The zero-order valence-electron chi connectivity index (χ0n) is 15.8. The number of aryl methyl sites for hydroxylation is 2. The van der Waals surface area contributed by atoms with Gasteiger partial charge in [-0.05, 0) is 60.9 Å². The van der Waals surface area contributed by atoms with Crippen molar-refractivity contribution in [3.8, 4) is 0 Å². The quantitative estimate of drug-likeness (QED) is 0.328. The third-order valence-electron chi connectivity index (χ3n) is 4.51. The van der Waals surface area contributed by atoms with Gasteiger partial charge in [0, 0.05) is 16.9 Å². The van der Waals surface area contributed by atoms with Gasteiger partial charge in [0.1, 0.15) is 0 Å². The Morgan fingerprint density at radius 1 is 1.21 bits per heavy atom. The molecule has 4 rings (SSSR count). The van der Waals surface area contributed by atoms with Gasteiger partial charge in [0.05, 0.1) is 27.3 Å². The SMILES string of the molecule is Cc1cc(C)c2sc(N(Cc3cccnc3)C(=O)c3cc(Br)ccc3Cl)nc2c1. The lowest BCUT2D eigenvalue weighted by Crippen LogP contribution is -2.30. The van der Waals surface area contributed by atoms with Crippen LogP contribution in [0, 0.1) is 13.8 Å². The molecule has 0 radical (unpaired) electrons. The van der Waals surface area contributed by atoms with Gasteiger partial charge in [-0.25, -0.2) is 4.98 Å². The second-order valence-corrected chi connectivity index (χ2v) is 9.10. The number of fused-ring (bicyclic) bond motifs is 1. The molecule has 0 saturated carbocycles. The number of halogens is 2. The van der Waals surface area contributed by atoms with Crippen LogP contribution in [-0.4, -0.2) is 15.9 Å². The Morgan fingerprint density at radius 3 is 2.79 bits per heavy atom. The molecule has 0 fully saturated rings. The molecular weight excluding hydrogens is 470 g/mol. The van der Waals surface area contributed by atoms with E-state index < -0.39 is 0 Å². The first-order valence-electron chi connectivity index (χ1n) is 8.96. The molecule has 2 aromatic heterocycles. The van der Waals surface area contributed by atoms with Crippen LogP contribution < -0.4 is 4.90 Å². The van der Waals surface area contributed by atoms with E-state index in [4.69, 9.17) is 16.6 Å². The molecule has 29 heavy (non-hydrogen) atoms. The Morgan fingerprint density at radius 2 is 2.03 bits per heavy atom. The van der Waals surface area contributed by atoms with Crippen molar-refractivity contribution >= 4 is 60.1 Å². The fraction of sp³-hybridized carbons (Fsp3) is 0.136. The molecule has 0 atom stereocenters. The summed E-state index contributed by atoms with van der Waals surface area (Å²) in [6.07, 6.45) is 3.47. The first-order valence-corrected chi connectivity index (χ1v) is 10.9. The highest BCUT2D eigenvalue weighted by atomic mass is 79.9. The maximum absolute atomic E-state index is 13.5. The van der Waals surface area contributed by atoms with Gasteiger partial charge < -0.3 is 0 Å². The van der Waals surface area contributed by atoms with Crippen molar-refractivity contribution in [3.05, 3.63) is 86.6 Å². The average Bonchev–Trinajstić information content (AvgIpc) is 3.12. The lowest BCUT2D eigenvalue weighted by Gasteiger charge is -2.20. The molecule has 4 aromatic rings. The zero-order chi connectivity index (χ0) is 20.5.